The van der Waals surface area contributed by atoms with Crippen LogP contribution in [0.2, 0.25) is 0 Å². The van der Waals surface area contributed by atoms with Gasteiger partial charge in [0.15, 0.2) is 0 Å². The molecule has 122 valence electrons. The highest BCUT2D eigenvalue weighted by molar-refractivity contribution is 7.89. The third-order valence-corrected chi connectivity index (χ3v) is 4.77. The van der Waals surface area contributed by atoms with E-state index < -0.39 is 16.0 Å². The average molecular weight is 328 g/mol. The number of carbonyl (C=O) groups is 1. The van der Waals surface area contributed by atoms with Gasteiger partial charge in [-0.2, -0.15) is 0 Å². The van der Waals surface area contributed by atoms with Crippen LogP contribution in [0.5, 0.6) is 0 Å². The molecule has 2 rings (SSSR count). The van der Waals surface area contributed by atoms with E-state index in [4.69, 9.17) is 9.84 Å². The van der Waals surface area contributed by atoms with Gasteiger partial charge >= 0.3 is 5.97 Å². The van der Waals surface area contributed by atoms with Crippen LogP contribution in [0.15, 0.2) is 23.1 Å². The highest BCUT2D eigenvalue weighted by Gasteiger charge is 2.26. The molecular formula is C14H20N2O5S. The Balaban J connectivity index is 2.23. The first-order valence-corrected chi connectivity index (χ1v) is 8.55. The van der Waals surface area contributed by atoms with Crippen LogP contribution in [0.25, 0.3) is 0 Å². The van der Waals surface area contributed by atoms with Gasteiger partial charge in [-0.3, -0.25) is 0 Å². The molecule has 0 aromatic heterocycles. The first-order valence-electron chi connectivity index (χ1n) is 7.06. The number of methoxy groups -OCH3 is 1. The first kappa shape index (κ1) is 16.7. The van der Waals surface area contributed by atoms with Crippen molar-refractivity contribution in [3.05, 3.63) is 23.8 Å². The first-order chi connectivity index (χ1) is 10.4. The van der Waals surface area contributed by atoms with Crippen molar-refractivity contribution in [2.75, 3.05) is 25.6 Å². The zero-order valence-corrected chi connectivity index (χ0v) is 13.1. The number of hydrogen-bond donors (Lipinski definition) is 3. The Morgan fingerprint density at radius 1 is 1.41 bits per heavy atom. The van der Waals surface area contributed by atoms with Crippen LogP contribution in [-0.4, -0.2) is 45.8 Å². The van der Waals surface area contributed by atoms with E-state index in [0.29, 0.717) is 18.7 Å². The van der Waals surface area contributed by atoms with Crippen LogP contribution in [-0.2, 0) is 14.8 Å². The Morgan fingerprint density at radius 2 is 2.14 bits per heavy atom. The molecule has 1 saturated carbocycles. The lowest BCUT2D eigenvalue weighted by molar-refractivity contribution is 0.0696. The Bertz CT molecular complexity index is 641. The van der Waals surface area contributed by atoms with Crippen LogP contribution in [0, 0.1) is 0 Å². The van der Waals surface area contributed by atoms with Gasteiger partial charge in [-0.1, -0.05) is 0 Å². The largest absolute Gasteiger partial charge is 0.478 e. The molecule has 1 aromatic carbocycles. The molecule has 1 aliphatic rings. The van der Waals surface area contributed by atoms with E-state index in [1.165, 1.54) is 18.2 Å². The Kier molecular flexibility index (Phi) is 5.38. The lowest BCUT2D eigenvalue weighted by Gasteiger charge is -2.13. The number of sulfonamides is 1. The Morgan fingerprint density at radius 3 is 2.73 bits per heavy atom. The highest BCUT2D eigenvalue weighted by atomic mass is 32.2. The third kappa shape index (κ3) is 4.43. The lowest BCUT2D eigenvalue weighted by Crippen LogP contribution is -2.27. The molecule has 8 heteroatoms. The number of benzene rings is 1. The maximum atomic E-state index is 12.4. The van der Waals surface area contributed by atoms with Crippen LogP contribution in [0.1, 0.15) is 29.6 Å². The summed E-state index contributed by atoms with van der Waals surface area (Å²) in [5.74, 6) is -1.16. The zero-order chi connectivity index (χ0) is 16.2. The number of hydrogen-bond acceptors (Lipinski definition) is 5. The number of carboxylic acids is 1. The second-order valence-corrected chi connectivity index (χ2v) is 6.91. The summed E-state index contributed by atoms with van der Waals surface area (Å²) in [5, 5.41) is 12.2. The number of rotatable bonds is 9. The molecule has 0 atom stereocenters. The second-order valence-electron chi connectivity index (χ2n) is 5.18. The minimum absolute atomic E-state index is 0.0308. The van der Waals surface area contributed by atoms with E-state index in [-0.39, 0.29) is 23.0 Å². The molecule has 7 nitrogen and oxygen atoms in total. The van der Waals surface area contributed by atoms with Crippen molar-refractivity contribution in [3.63, 3.8) is 0 Å². The molecule has 0 unspecified atom stereocenters. The minimum atomic E-state index is -3.78. The van der Waals surface area contributed by atoms with Gasteiger partial charge in [0, 0.05) is 26.3 Å². The predicted molar refractivity (Wildman–Crippen MR) is 81.7 cm³/mol. The molecule has 0 radical (unpaired) electrons. The zero-order valence-electron chi connectivity index (χ0n) is 12.3. The molecule has 1 aliphatic carbocycles. The average Bonchev–Trinajstić information content (AvgIpc) is 3.27. The van der Waals surface area contributed by atoms with Crippen molar-refractivity contribution in [3.8, 4) is 0 Å². The molecule has 3 N–H and O–H groups in total. The molecule has 0 amide bonds. The topological polar surface area (TPSA) is 105 Å². The van der Waals surface area contributed by atoms with Crippen LogP contribution in [0.3, 0.4) is 0 Å². The normalized spacial score (nSPS) is 14.8. The molecular weight excluding hydrogens is 308 g/mol. The summed E-state index contributed by atoms with van der Waals surface area (Å²) in [6.45, 7) is 0.682. The number of aromatic carboxylic acids is 1. The SMILES string of the molecule is COCCCNS(=O)(=O)c1cc(C(=O)O)ccc1NC1CC1. The van der Waals surface area contributed by atoms with Crippen molar-refractivity contribution in [2.24, 2.45) is 0 Å². The van der Waals surface area contributed by atoms with E-state index in [1.54, 1.807) is 7.11 Å². The van der Waals surface area contributed by atoms with E-state index in [9.17, 15) is 13.2 Å². The molecule has 0 bridgehead atoms. The molecule has 22 heavy (non-hydrogen) atoms. The number of anilines is 1. The number of ether oxygens (including phenoxy) is 1. The quantitative estimate of drug-likeness (QED) is 0.590. The van der Waals surface area contributed by atoms with Crippen LogP contribution < -0.4 is 10.0 Å². The van der Waals surface area contributed by atoms with Gasteiger partial charge in [0.2, 0.25) is 10.0 Å². The van der Waals surface area contributed by atoms with Gasteiger partial charge in [-0.15, -0.1) is 0 Å². The third-order valence-electron chi connectivity index (χ3n) is 3.27. The summed E-state index contributed by atoms with van der Waals surface area (Å²) in [4.78, 5) is 11.0. The fourth-order valence-corrected chi connectivity index (χ4v) is 3.21. The molecule has 0 spiro atoms. The monoisotopic (exact) mass is 328 g/mol. The number of nitrogens with one attached hydrogen (secondary N) is 2. The smallest absolute Gasteiger partial charge is 0.335 e. The maximum absolute atomic E-state index is 12.4. The van der Waals surface area contributed by atoms with Crippen molar-refractivity contribution >= 4 is 21.7 Å². The standard InChI is InChI=1S/C14H20N2O5S/c1-21-8-2-7-15-22(19,20)13-9-10(14(17)18)3-6-12(13)16-11-4-5-11/h3,6,9,11,15-16H,2,4-5,7-8H2,1H3,(H,17,18). The lowest BCUT2D eigenvalue weighted by atomic mass is 10.2. The van der Waals surface area contributed by atoms with E-state index in [2.05, 4.69) is 10.0 Å². The van der Waals surface area contributed by atoms with Crippen molar-refractivity contribution < 1.29 is 23.1 Å². The predicted octanol–water partition coefficient (Wildman–Crippen LogP) is 1.27. The molecule has 0 aliphatic heterocycles. The Labute approximate surface area is 129 Å². The number of carboxylic acid groups (broad SMARTS) is 1. The minimum Gasteiger partial charge on any atom is -0.478 e. The van der Waals surface area contributed by atoms with Crippen LogP contribution >= 0.6 is 0 Å². The molecule has 0 saturated heterocycles. The summed E-state index contributed by atoms with van der Waals surface area (Å²) in [7, 11) is -2.23. The molecule has 1 aromatic rings. The van der Waals surface area contributed by atoms with Crippen molar-refractivity contribution in [1.29, 1.82) is 0 Å². The molecule has 0 heterocycles. The van der Waals surface area contributed by atoms with Crippen molar-refractivity contribution in [2.45, 2.75) is 30.2 Å². The second kappa shape index (κ2) is 7.08. The van der Waals surface area contributed by atoms with Gasteiger partial charge < -0.3 is 15.2 Å². The van der Waals surface area contributed by atoms with Crippen LogP contribution in [0.4, 0.5) is 5.69 Å². The Hall–Kier alpha value is -1.64. The highest BCUT2D eigenvalue weighted by Crippen LogP contribution is 2.29. The van der Waals surface area contributed by atoms with Gasteiger partial charge in [-0.05, 0) is 37.5 Å². The van der Waals surface area contributed by atoms with Gasteiger partial charge in [0.05, 0.1) is 11.3 Å². The van der Waals surface area contributed by atoms with E-state index >= 15 is 0 Å². The summed E-state index contributed by atoms with van der Waals surface area (Å²) >= 11 is 0. The fourth-order valence-electron chi connectivity index (χ4n) is 1.95. The molecule has 1 fully saturated rings. The summed E-state index contributed by atoms with van der Waals surface area (Å²) in [6.07, 6.45) is 2.52. The van der Waals surface area contributed by atoms with Gasteiger partial charge in [-0.25, -0.2) is 17.9 Å². The van der Waals surface area contributed by atoms with Gasteiger partial charge in [0.25, 0.3) is 0 Å². The summed E-state index contributed by atoms with van der Waals surface area (Å²) < 4.78 is 32.2. The van der Waals surface area contributed by atoms with Gasteiger partial charge in [0.1, 0.15) is 4.90 Å². The van der Waals surface area contributed by atoms with E-state index in [0.717, 1.165) is 12.8 Å². The van der Waals surface area contributed by atoms with Crippen molar-refractivity contribution in [1.82, 2.24) is 4.72 Å². The fraction of sp³-hybridized carbons (Fsp3) is 0.500. The summed E-state index contributed by atoms with van der Waals surface area (Å²) in [6, 6.07) is 4.35. The maximum Gasteiger partial charge on any atom is 0.335 e. The van der Waals surface area contributed by atoms with E-state index in [1.807, 2.05) is 0 Å². The summed E-state index contributed by atoms with van der Waals surface area (Å²) in [5.41, 5.74) is 0.380.